The first kappa shape index (κ1) is 24.5. The number of amides is 3. The van der Waals surface area contributed by atoms with Crippen LogP contribution in [0.5, 0.6) is 11.5 Å². The normalized spacial score (nSPS) is 26.1. The Labute approximate surface area is 239 Å². The lowest BCUT2D eigenvalue weighted by atomic mass is 9.76. The Morgan fingerprint density at radius 2 is 1.80 bits per heavy atom. The molecule has 4 aliphatic rings. The molecular weight excluding hydrogens is 544 g/mol. The average Bonchev–Trinajstić information content (AvgIpc) is 3.68. The summed E-state index contributed by atoms with van der Waals surface area (Å²) in [7, 11) is 0. The Kier molecular flexibility index (Phi) is 5.12. The van der Waals surface area contributed by atoms with E-state index in [1.807, 2.05) is 37.4 Å². The van der Waals surface area contributed by atoms with Gasteiger partial charge in [0.1, 0.15) is 18.8 Å². The number of nitrogens with one attached hydrogen (secondary N) is 3. The lowest BCUT2D eigenvalue weighted by Gasteiger charge is -2.30. The first-order valence-electron chi connectivity index (χ1n) is 13.6. The van der Waals surface area contributed by atoms with Crippen LogP contribution in [0.3, 0.4) is 0 Å². The molecule has 3 aromatic carbocycles. The van der Waals surface area contributed by atoms with Crippen molar-refractivity contribution in [2.24, 2.45) is 11.8 Å². The Morgan fingerprint density at radius 1 is 1.00 bits per heavy atom. The van der Waals surface area contributed by atoms with E-state index in [4.69, 9.17) is 21.1 Å². The fourth-order valence-corrected chi connectivity index (χ4v) is 7.44. The highest BCUT2D eigenvalue weighted by Gasteiger charge is 2.70. The van der Waals surface area contributed by atoms with Crippen molar-refractivity contribution in [1.29, 1.82) is 0 Å². The molecule has 10 heteroatoms. The number of aromatic nitrogens is 1. The summed E-state index contributed by atoms with van der Waals surface area (Å²) in [6.07, 6.45) is 2.36. The van der Waals surface area contributed by atoms with Crippen LogP contribution in [0.15, 0.2) is 60.8 Å². The fourth-order valence-electron chi connectivity index (χ4n) is 7.17. The quantitative estimate of drug-likeness (QED) is 0.321. The van der Waals surface area contributed by atoms with E-state index >= 15 is 0 Å². The van der Waals surface area contributed by atoms with E-state index in [0.29, 0.717) is 53.1 Å². The second-order valence-electron chi connectivity index (χ2n) is 11.1. The van der Waals surface area contributed by atoms with Gasteiger partial charge < -0.3 is 19.8 Å². The Bertz CT molecular complexity index is 1820. The predicted octanol–water partition coefficient (Wildman–Crippen LogP) is 4.07. The molecule has 41 heavy (non-hydrogen) atoms. The van der Waals surface area contributed by atoms with Crippen LogP contribution in [0.4, 0.5) is 11.4 Å². The van der Waals surface area contributed by atoms with Gasteiger partial charge >= 0.3 is 0 Å². The van der Waals surface area contributed by atoms with Gasteiger partial charge in [-0.25, -0.2) is 4.90 Å². The second-order valence-corrected chi connectivity index (χ2v) is 11.5. The number of aromatic amines is 1. The minimum Gasteiger partial charge on any atom is -0.486 e. The van der Waals surface area contributed by atoms with Gasteiger partial charge in [-0.1, -0.05) is 29.8 Å². The largest absolute Gasteiger partial charge is 0.486 e. The third-order valence-corrected chi connectivity index (χ3v) is 9.10. The SMILES string of the molecule is Cc1cc(Cl)cc2c1NC(=O)[C@@]21N[C@@H](Cc2c[nH]c3ccccc23)[C@H]2C(=O)N(c3ccc4c(c3)OCCO4)C(=O)[C@H]21. The van der Waals surface area contributed by atoms with Crippen molar-refractivity contribution in [3.05, 3.63) is 82.5 Å². The molecule has 4 aromatic rings. The third kappa shape index (κ3) is 3.30. The van der Waals surface area contributed by atoms with E-state index in [1.165, 1.54) is 4.90 Å². The molecule has 3 N–H and O–H groups in total. The minimum atomic E-state index is -1.46. The van der Waals surface area contributed by atoms with Gasteiger partial charge in [-0.05, 0) is 54.8 Å². The number of aryl methyl sites for hydroxylation is 1. The van der Waals surface area contributed by atoms with Gasteiger partial charge in [0.15, 0.2) is 11.5 Å². The Hall–Kier alpha value is -4.34. The fraction of sp³-hybridized carbons (Fsp3) is 0.258. The zero-order chi connectivity index (χ0) is 28.0. The summed E-state index contributed by atoms with van der Waals surface area (Å²) in [5.74, 6) is -1.89. The van der Waals surface area contributed by atoms with Crippen molar-refractivity contribution in [3.8, 4) is 11.5 Å². The van der Waals surface area contributed by atoms with Crippen molar-refractivity contribution >= 4 is 51.6 Å². The predicted molar refractivity (Wildman–Crippen MR) is 152 cm³/mol. The maximum atomic E-state index is 14.4. The average molecular weight is 569 g/mol. The smallest absolute Gasteiger partial charge is 0.250 e. The van der Waals surface area contributed by atoms with Gasteiger partial charge in [0.2, 0.25) is 17.7 Å². The number of nitrogens with zero attached hydrogens (tertiary/aromatic N) is 1. The number of carbonyl (C=O) groups is 3. The molecule has 8 rings (SSSR count). The van der Waals surface area contributed by atoms with E-state index in [1.54, 1.807) is 30.3 Å². The molecule has 2 saturated heterocycles. The monoisotopic (exact) mass is 568 g/mol. The number of fused-ring (bicyclic) bond motifs is 6. The Morgan fingerprint density at radius 3 is 2.66 bits per heavy atom. The van der Waals surface area contributed by atoms with E-state index < -0.39 is 29.3 Å². The number of anilines is 2. The number of halogens is 1. The molecule has 206 valence electrons. The number of H-pyrrole nitrogens is 1. The number of para-hydroxylation sites is 1. The van der Waals surface area contributed by atoms with Gasteiger partial charge in [-0.3, -0.25) is 19.7 Å². The number of rotatable bonds is 3. The molecule has 4 aliphatic heterocycles. The summed E-state index contributed by atoms with van der Waals surface area (Å²) in [6.45, 7) is 2.67. The molecule has 5 heterocycles. The molecule has 3 amide bonds. The lowest BCUT2D eigenvalue weighted by molar-refractivity contribution is -0.130. The van der Waals surface area contributed by atoms with Crippen molar-refractivity contribution < 1.29 is 23.9 Å². The molecule has 4 atom stereocenters. The zero-order valence-corrected chi connectivity index (χ0v) is 22.7. The topological polar surface area (TPSA) is 113 Å². The summed E-state index contributed by atoms with van der Waals surface area (Å²) in [5.41, 5.74) is 2.90. The number of hydrogen-bond donors (Lipinski definition) is 3. The van der Waals surface area contributed by atoms with Gasteiger partial charge in [0.05, 0.1) is 17.5 Å². The molecule has 0 unspecified atom stereocenters. The standard InChI is InChI=1S/C31H25ClN4O5/c1-15-10-17(32)12-20-27(15)34-30(39)31(20)26-25(22(35-31)11-16-14-33-21-5-3-2-4-19(16)21)28(37)36(29(26)38)18-6-7-23-24(13-18)41-9-8-40-23/h2-7,10,12-14,22,25-26,33,35H,8-9,11H2,1H3,(H,34,39)/t22-,25+,26-,31+/m0/s1. The molecule has 0 bridgehead atoms. The number of carbonyl (C=O) groups excluding carboxylic acids is 3. The number of ether oxygens (including phenoxy) is 2. The summed E-state index contributed by atoms with van der Waals surface area (Å²) in [6, 6.07) is 16.0. The number of benzene rings is 3. The van der Waals surface area contributed by atoms with Crippen LogP contribution in [0.2, 0.25) is 5.02 Å². The highest BCUT2D eigenvalue weighted by Crippen LogP contribution is 2.55. The molecule has 0 radical (unpaired) electrons. The Balaban J connectivity index is 1.28. The van der Waals surface area contributed by atoms with Crippen molar-refractivity contribution in [2.45, 2.75) is 24.9 Å². The van der Waals surface area contributed by atoms with E-state index in [9.17, 15) is 14.4 Å². The van der Waals surface area contributed by atoms with Crippen LogP contribution in [0.1, 0.15) is 16.7 Å². The first-order valence-corrected chi connectivity index (χ1v) is 14.0. The summed E-state index contributed by atoms with van der Waals surface area (Å²) >= 11 is 6.50. The van der Waals surface area contributed by atoms with Gasteiger partial charge in [-0.2, -0.15) is 0 Å². The molecule has 2 fully saturated rings. The van der Waals surface area contributed by atoms with E-state index in [2.05, 4.69) is 15.6 Å². The van der Waals surface area contributed by atoms with Crippen LogP contribution in [-0.2, 0) is 26.3 Å². The maximum Gasteiger partial charge on any atom is 0.250 e. The van der Waals surface area contributed by atoms with Gasteiger partial charge in [0.25, 0.3) is 0 Å². The molecule has 9 nitrogen and oxygen atoms in total. The van der Waals surface area contributed by atoms with Crippen molar-refractivity contribution in [2.75, 3.05) is 23.4 Å². The summed E-state index contributed by atoms with van der Waals surface area (Å²) in [5, 5.41) is 8.00. The molecular formula is C31H25ClN4O5. The maximum absolute atomic E-state index is 14.4. The van der Waals surface area contributed by atoms with Crippen LogP contribution in [0, 0.1) is 18.8 Å². The lowest BCUT2D eigenvalue weighted by Crippen LogP contribution is -2.53. The molecule has 0 saturated carbocycles. The zero-order valence-electron chi connectivity index (χ0n) is 22.0. The van der Waals surface area contributed by atoms with Crippen LogP contribution >= 0.6 is 11.6 Å². The second kappa shape index (κ2) is 8.58. The van der Waals surface area contributed by atoms with Gasteiger partial charge in [0, 0.05) is 45.5 Å². The summed E-state index contributed by atoms with van der Waals surface area (Å²) < 4.78 is 11.4. The number of hydrogen-bond acceptors (Lipinski definition) is 6. The highest BCUT2D eigenvalue weighted by molar-refractivity contribution is 6.31. The van der Waals surface area contributed by atoms with Gasteiger partial charge in [-0.15, -0.1) is 0 Å². The first-order chi connectivity index (χ1) is 19.9. The number of imide groups is 1. The minimum absolute atomic E-state index is 0.356. The molecule has 0 aliphatic carbocycles. The van der Waals surface area contributed by atoms with Crippen molar-refractivity contribution in [1.82, 2.24) is 10.3 Å². The van der Waals surface area contributed by atoms with Crippen molar-refractivity contribution in [3.63, 3.8) is 0 Å². The van der Waals surface area contributed by atoms with E-state index in [0.717, 1.165) is 22.0 Å². The van der Waals surface area contributed by atoms with Crippen LogP contribution < -0.4 is 25.0 Å². The van der Waals surface area contributed by atoms with E-state index in [-0.39, 0.29) is 11.8 Å². The molecule has 1 spiro atoms. The molecule has 1 aromatic heterocycles. The van der Waals surface area contributed by atoms with Crippen LogP contribution in [-0.4, -0.2) is 42.0 Å². The highest BCUT2D eigenvalue weighted by atomic mass is 35.5. The third-order valence-electron chi connectivity index (χ3n) is 8.88. The van der Waals surface area contributed by atoms with Crippen LogP contribution in [0.25, 0.3) is 10.9 Å². The summed E-state index contributed by atoms with van der Waals surface area (Å²) in [4.78, 5) is 47.1.